The van der Waals surface area contributed by atoms with Crippen molar-refractivity contribution in [3.8, 4) is 0 Å². The normalized spacial score (nSPS) is 10.9. The smallest absolute Gasteiger partial charge is 0.408 e. The maximum atomic E-state index is 11.3. The number of nitrogens with one attached hydrogen (secondary N) is 1. The fourth-order valence-electron chi connectivity index (χ4n) is 0.963. The minimum Gasteiger partial charge on any atom is -0.463 e. The second-order valence-corrected chi connectivity index (χ2v) is 4.36. The molecule has 0 saturated carbocycles. The molecule has 1 amide bonds. The summed E-state index contributed by atoms with van der Waals surface area (Å²) in [6.45, 7) is 5.21. The number of carbonyl (C=O) groups excluding carboxylic acids is 2. The van der Waals surface area contributed by atoms with Crippen molar-refractivity contribution >= 4 is 12.1 Å². The Morgan fingerprint density at radius 2 is 2.06 bits per heavy atom. The molecule has 1 N–H and O–H groups in total. The van der Waals surface area contributed by atoms with Gasteiger partial charge in [0.25, 0.3) is 5.82 Å². The lowest BCUT2D eigenvalue weighted by Crippen LogP contribution is -2.32. The molecule has 0 spiro atoms. The van der Waals surface area contributed by atoms with E-state index in [-0.39, 0.29) is 18.3 Å². The molecule has 0 fully saturated rings. The van der Waals surface area contributed by atoms with Crippen LogP contribution in [0.15, 0.2) is 4.52 Å². The number of amides is 1. The van der Waals surface area contributed by atoms with Crippen LogP contribution in [0.2, 0.25) is 0 Å². The lowest BCUT2D eigenvalue weighted by molar-refractivity contribution is 0.0516. The number of alkyl carbamates (subject to hydrolysis) is 1. The van der Waals surface area contributed by atoms with Crippen LogP contribution in [0.5, 0.6) is 0 Å². The minimum atomic E-state index is -0.706. The molecule has 18 heavy (non-hydrogen) atoms. The SMILES string of the molecule is COC(=O)c1noc(CNC(=O)OC(C)(C)C)n1. The Morgan fingerprint density at radius 1 is 1.39 bits per heavy atom. The highest BCUT2D eigenvalue weighted by molar-refractivity contribution is 5.84. The Balaban J connectivity index is 2.47. The Labute approximate surface area is 104 Å². The van der Waals surface area contributed by atoms with E-state index >= 15 is 0 Å². The van der Waals surface area contributed by atoms with Gasteiger partial charge in [0.1, 0.15) is 12.1 Å². The van der Waals surface area contributed by atoms with Gasteiger partial charge in [-0.15, -0.1) is 0 Å². The molecule has 100 valence electrons. The summed E-state index contributed by atoms with van der Waals surface area (Å²) in [5.74, 6) is -0.818. The molecule has 0 aliphatic rings. The maximum absolute atomic E-state index is 11.3. The van der Waals surface area contributed by atoms with Crippen LogP contribution in [0.25, 0.3) is 0 Å². The van der Waals surface area contributed by atoms with E-state index in [0.29, 0.717) is 0 Å². The number of esters is 1. The van der Waals surface area contributed by atoms with E-state index < -0.39 is 17.7 Å². The van der Waals surface area contributed by atoms with Crippen molar-refractivity contribution in [1.29, 1.82) is 0 Å². The number of methoxy groups -OCH3 is 1. The van der Waals surface area contributed by atoms with E-state index in [1.165, 1.54) is 7.11 Å². The third-order valence-electron chi connectivity index (χ3n) is 1.62. The van der Waals surface area contributed by atoms with Gasteiger partial charge in [-0.3, -0.25) is 0 Å². The van der Waals surface area contributed by atoms with Crippen LogP contribution in [0.1, 0.15) is 37.3 Å². The van der Waals surface area contributed by atoms with Crippen molar-refractivity contribution in [2.75, 3.05) is 7.11 Å². The first-order valence-electron chi connectivity index (χ1n) is 5.19. The molecule has 0 radical (unpaired) electrons. The van der Waals surface area contributed by atoms with Gasteiger partial charge in [0.05, 0.1) is 7.11 Å². The minimum absolute atomic E-state index is 0.0289. The van der Waals surface area contributed by atoms with E-state index in [4.69, 9.17) is 9.26 Å². The zero-order chi connectivity index (χ0) is 13.8. The number of hydrogen-bond donors (Lipinski definition) is 1. The lowest BCUT2D eigenvalue weighted by atomic mass is 10.2. The first-order chi connectivity index (χ1) is 8.31. The third kappa shape index (κ3) is 4.40. The molecule has 8 heteroatoms. The summed E-state index contributed by atoms with van der Waals surface area (Å²) >= 11 is 0. The van der Waals surface area contributed by atoms with Gasteiger partial charge in [-0.1, -0.05) is 0 Å². The molecule has 0 aliphatic carbocycles. The lowest BCUT2D eigenvalue weighted by Gasteiger charge is -2.19. The number of hydrogen-bond acceptors (Lipinski definition) is 7. The van der Waals surface area contributed by atoms with Gasteiger partial charge in [0.2, 0.25) is 5.89 Å². The largest absolute Gasteiger partial charge is 0.463 e. The molecule has 1 aromatic rings. The second kappa shape index (κ2) is 5.48. The molecule has 0 aliphatic heterocycles. The van der Waals surface area contributed by atoms with Crippen molar-refractivity contribution in [3.05, 3.63) is 11.7 Å². The fraction of sp³-hybridized carbons (Fsp3) is 0.600. The number of rotatable bonds is 3. The molecule has 0 bridgehead atoms. The van der Waals surface area contributed by atoms with Crippen molar-refractivity contribution < 1.29 is 23.6 Å². The first kappa shape index (κ1) is 13.9. The first-order valence-corrected chi connectivity index (χ1v) is 5.19. The number of ether oxygens (including phenoxy) is 2. The van der Waals surface area contributed by atoms with E-state index in [9.17, 15) is 9.59 Å². The molecule has 0 aromatic carbocycles. The molecular weight excluding hydrogens is 242 g/mol. The molecule has 1 rings (SSSR count). The van der Waals surface area contributed by atoms with Crippen molar-refractivity contribution in [2.45, 2.75) is 32.9 Å². The highest BCUT2D eigenvalue weighted by Crippen LogP contribution is 2.06. The fourth-order valence-corrected chi connectivity index (χ4v) is 0.963. The number of aromatic nitrogens is 2. The van der Waals surface area contributed by atoms with Crippen molar-refractivity contribution in [2.24, 2.45) is 0 Å². The van der Waals surface area contributed by atoms with Crippen molar-refractivity contribution in [1.82, 2.24) is 15.5 Å². The summed E-state index contributed by atoms with van der Waals surface area (Å²) in [6, 6.07) is 0. The monoisotopic (exact) mass is 257 g/mol. The molecule has 0 saturated heterocycles. The Bertz CT molecular complexity index is 435. The Hall–Kier alpha value is -2.12. The van der Waals surface area contributed by atoms with Crippen LogP contribution in [0, 0.1) is 0 Å². The summed E-state index contributed by atoms with van der Waals surface area (Å²) in [4.78, 5) is 26.1. The zero-order valence-electron chi connectivity index (χ0n) is 10.6. The third-order valence-corrected chi connectivity index (χ3v) is 1.62. The van der Waals surface area contributed by atoms with Gasteiger partial charge in [0.15, 0.2) is 0 Å². The van der Waals surface area contributed by atoms with E-state index in [1.54, 1.807) is 20.8 Å². The summed E-state index contributed by atoms with van der Waals surface area (Å²) in [5, 5.41) is 5.80. The van der Waals surface area contributed by atoms with E-state index in [1.807, 2.05) is 0 Å². The molecule has 8 nitrogen and oxygen atoms in total. The van der Waals surface area contributed by atoms with Gasteiger partial charge in [-0.05, 0) is 25.9 Å². The van der Waals surface area contributed by atoms with Crippen LogP contribution in [0.4, 0.5) is 4.79 Å². The van der Waals surface area contributed by atoms with E-state index in [0.717, 1.165) is 0 Å². The van der Waals surface area contributed by atoms with Gasteiger partial charge < -0.3 is 19.3 Å². The van der Waals surface area contributed by atoms with Gasteiger partial charge >= 0.3 is 12.1 Å². The molecule has 1 aromatic heterocycles. The Morgan fingerprint density at radius 3 is 2.61 bits per heavy atom. The van der Waals surface area contributed by atoms with Gasteiger partial charge in [-0.25, -0.2) is 9.59 Å². The van der Waals surface area contributed by atoms with Gasteiger partial charge in [-0.2, -0.15) is 4.98 Å². The van der Waals surface area contributed by atoms with Gasteiger partial charge in [0, 0.05) is 0 Å². The summed E-state index contributed by atoms with van der Waals surface area (Å²) in [7, 11) is 1.21. The van der Waals surface area contributed by atoms with Crippen LogP contribution < -0.4 is 5.32 Å². The topological polar surface area (TPSA) is 104 Å². The number of carbonyl (C=O) groups is 2. The summed E-state index contributed by atoms with van der Waals surface area (Å²) < 4.78 is 14.1. The van der Waals surface area contributed by atoms with Crippen LogP contribution >= 0.6 is 0 Å². The maximum Gasteiger partial charge on any atom is 0.408 e. The quantitative estimate of drug-likeness (QED) is 0.801. The standard InChI is InChI=1S/C10H15N3O5/c1-10(2,3)17-9(15)11-5-6-12-7(13-18-6)8(14)16-4/h5H2,1-4H3,(H,11,15). The highest BCUT2D eigenvalue weighted by Gasteiger charge is 2.18. The number of nitrogens with zero attached hydrogens (tertiary/aromatic N) is 2. The predicted octanol–water partition coefficient (Wildman–Crippen LogP) is 0.881. The predicted molar refractivity (Wildman–Crippen MR) is 58.7 cm³/mol. The second-order valence-electron chi connectivity index (χ2n) is 4.36. The Kier molecular flexibility index (Phi) is 4.24. The van der Waals surface area contributed by atoms with E-state index in [2.05, 4.69) is 20.2 Å². The van der Waals surface area contributed by atoms with Crippen LogP contribution in [0.3, 0.4) is 0 Å². The molecular formula is C10H15N3O5. The average molecular weight is 257 g/mol. The molecule has 0 unspecified atom stereocenters. The molecule has 1 heterocycles. The van der Waals surface area contributed by atoms with Crippen LogP contribution in [-0.2, 0) is 16.0 Å². The average Bonchev–Trinajstić information content (AvgIpc) is 2.71. The molecule has 0 atom stereocenters. The summed E-state index contributed by atoms with van der Waals surface area (Å²) in [6.07, 6.45) is -0.611. The van der Waals surface area contributed by atoms with Crippen LogP contribution in [-0.4, -0.2) is 34.9 Å². The van der Waals surface area contributed by atoms with Crippen molar-refractivity contribution in [3.63, 3.8) is 0 Å². The zero-order valence-corrected chi connectivity index (χ0v) is 10.6. The summed E-state index contributed by atoms with van der Waals surface area (Å²) in [5.41, 5.74) is -0.587. The highest BCUT2D eigenvalue weighted by atomic mass is 16.6.